The van der Waals surface area contributed by atoms with Crippen molar-refractivity contribution in [3.05, 3.63) is 64.7 Å². The molecule has 0 bridgehead atoms. The molecule has 0 saturated heterocycles. The average molecular weight is 312 g/mol. The lowest BCUT2D eigenvalue weighted by molar-refractivity contribution is -0.136. The number of hydrogen-bond acceptors (Lipinski definition) is 3. The molecule has 2 aromatic rings. The van der Waals surface area contributed by atoms with Crippen molar-refractivity contribution in [2.75, 3.05) is 0 Å². The predicted molar refractivity (Wildman–Crippen MR) is 87.9 cm³/mol. The van der Waals surface area contributed by atoms with E-state index in [9.17, 15) is 9.59 Å². The summed E-state index contributed by atoms with van der Waals surface area (Å²) in [7, 11) is 0. The lowest BCUT2D eigenvalue weighted by Crippen LogP contribution is -2.07. The number of ketones is 1. The molecule has 0 heterocycles. The highest BCUT2D eigenvalue weighted by atomic mass is 16.5. The van der Waals surface area contributed by atoms with Gasteiger partial charge in [-0.1, -0.05) is 31.2 Å². The molecule has 0 aliphatic carbocycles. The second-order valence-corrected chi connectivity index (χ2v) is 5.40. The molecule has 0 aromatic heterocycles. The molecule has 0 saturated carbocycles. The van der Waals surface area contributed by atoms with Gasteiger partial charge in [0, 0.05) is 5.56 Å². The van der Waals surface area contributed by atoms with E-state index < -0.39 is 5.97 Å². The first-order valence-electron chi connectivity index (χ1n) is 7.56. The van der Waals surface area contributed by atoms with Crippen LogP contribution in [0.15, 0.2) is 42.5 Å². The fraction of sp³-hybridized carbons (Fsp3) is 0.263. The molecule has 0 spiro atoms. The summed E-state index contributed by atoms with van der Waals surface area (Å²) >= 11 is 0. The second-order valence-electron chi connectivity index (χ2n) is 5.40. The summed E-state index contributed by atoms with van der Waals surface area (Å²) in [6, 6.07) is 13.1. The van der Waals surface area contributed by atoms with Crippen LogP contribution in [0.1, 0.15) is 40.9 Å². The standard InChI is InChI=1S/C19H20O4/c1-3-14-4-6-15(7-5-14)12-23-17-8-9-18(13(2)20)16(10-17)11-19(21)22/h4-10H,3,11-12H2,1-2H3,(H,21,22). The van der Waals surface area contributed by atoms with E-state index in [1.807, 2.05) is 12.1 Å². The van der Waals surface area contributed by atoms with E-state index in [1.54, 1.807) is 18.2 Å². The molecule has 2 rings (SSSR count). The van der Waals surface area contributed by atoms with Gasteiger partial charge in [0.05, 0.1) is 6.42 Å². The summed E-state index contributed by atoms with van der Waals surface area (Å²) in [5, 5.41) is 8.97. The maximum Gasteiger partial charge on any atom is 0.307 e. The van der Waals surface area contributed by atoms with Gasteiger partial charge in [0.1, 0.15) is 12.4 Å². The van der Waals surface area contributed by atoms with E-state index in [2.05, 4.69) is 19.1 Å². The molecule has 4 nitrogen and oxygen atoms in total. The Bertz CT molecular complexity index is 702. The van der Waals surface area contributed by atoms with E-state index in [-0.39, 0.29) is 12.2 Å². The Morgan fingerprint density at radius 2 is 1.70 bits per heavy atom. The first-order valence-corrected chi connectivity index (χ1v) is 7.56. The summed E-state index contributed by atoms with van der Waals surface area (Å²) < 4.78 is 5.72. The number of hydrogen-bond donors (Lipinski definition) is 1. The maximum absolute atomic E-state index is 11.6. The van der Waals surface area contributed by atoms with Crippen molar-refractivity contribution in [1.29, 1.82) is 0 Å². The van der Waals surface area contributed by atoms with Gasteiger partial charge in [-0.3, -0.25) is 9.59 Å². The molecule has 0 aliphatic heterocycles. The number of benzene rings is 2. The van der Waals surface area contributed by atoms with E-state index in [0.29, 0.717) is 23.5 Å². The summed E-state index contributed by atoms with van der Waals surface area (Å²) in [5.74, 6) is -0.562. The molecular weight excluding hydrogens is 292 g/mol. The molecule has 23 heavy (non-hydrogen) atoms. The van der Waals surface area contributed by atoms with E-state index >= 15 is 0 Å². The first-order chi connectivity index (χ1) is 11.0. The molecule has 0 amide bonds. The summed E-state index contributed by atoms with van der Waals surface area (Å²) in [6.45, 7) is 3.93. The van der Waals surface area contributed by atoms with Crippen LogP contribution in [0.25, 0.3) is 0 Å². The monoisotopic (exact) mass is 312 g/mol. The van der Waals surface area contributed by atoms with Gasteiger partial charge >= 0.3 is 5.97 Å². The van der Waals surface area contributed by atoms with Crippen LogP contribution >= 0.6 is 0 Å². The highest BCUT2D eigenvalue weighted by Gasteiger charge is 2.12. The molecule has 0 atom stereocenters. The van der Waals surface area contributed by atoms with Gasteiger partial charge < -0.3 is 9.84 Å². The van der Waals surface area contributed by atoms with Crippen LogP contribution < -0.4 is 4.74 Å². The smallest absolute Gasteiger partial charge is 0.307 e. The van der Waals surface area contributed by atoms with Gasteiger partial charge in [0.15, 0.2) is 5.78 Å². The van der Waals surface area contributed by atoms with Crippen LogP contribution in [-0.2, 0) is 24.2 Å². The molecular formula is C19H20O4. The minimum Gasteiger partial charge on any atom is -0.489 e. The zero-order valence-corrected chi connectivity index (χ0v) is 13.3. The zero-order chi connectivity index (χ0) is 16.8. The highest BCUT2D eigenvalue weighted by molar-refractivity contribution is 5.96. The topological polar surface area (TPSA) is 63.6 Å². The third-order valence-corrected chi connectivity index (χ3v) is 3.63. The van der Waals surface area contributed by atoms with Crippen LogP contribution in [0, 0.1) is 0 Å². The van der Waals surface area contributed by atoms with E-state index in [1.165, 1.54) is 12.5 Å². The lowest BCUT2D eigenvalue weighted by Gasteiger charge is -2.10. The van der Waals surface area contributed by atoms with Crippen LogP contribution in [0.4, 0.5) is 0 Å². The van der Waals surface area contributed by atoms with Crippen molar-refractivity contribution in [3.8, 4) is 5.75 Å². The number of ether oxygens (including phenoxy) is 1. The maximum atomic E-state index is 11.6. The third kappa shape index (κ3) is 4.68. The molecule has 4 heteroatoms. The Hall–Kier alpha value is -2.62. The van der Waals surface area contributed by atoms with Crippen molar-refractivity contribution in [3.63, 3.8) is 0 Å². The first kappa shape index (κ1) is 16.7. The van der Waals surface area contributed by atoms with Gasteiger partial charge in [-0.15, -0.1) is 0 Å². The Morgan fingerprint density at radius 1 is 1.04 bits per heavy atom. The third-order valence-electron chi connectivity index (χ3n) is 3.63. The van der Waals surface area contributed by atoms with Crippen molar-refractivity contribution < 1.29 is 19.4 Å². The van der Waals surface area contributed by atoms with Crippen LogP contribution in [0.3, 0.4) is 0 Å². The molecule has 120 valence electrons. The van der Waals surface area contributed by atoms with Gasteiger partial charge in [0.25, 0.3) is 0 Å². The number of carboxylic acids is 1. The SMILES string of the molecule is CCc1ccc(COc2ccc(C(C)=O)c(CC(=O)O)c2)cc1. The Kier molecular flexibility index (Phi) is 5.52. The Balaban J connectivity index is 2.12. The largest absolute Gasteiger partial charge is 0.489 e. The number of Topliss-reactive ketones (excluding diaryl/α,β-unsaturated/α-hetero) is 1. The minimum atomic E-state index is -0.972. The highest BCUT2D eigenvalue weighted by Crippen LogP contribution is 2.20. The van der Waals surface area contributed by atoms with E-state index in [0.717, 1.165) is 12.0 Å². The molecule has 0 radical (unpaired) electrons. The molecule has 0 aliphatic rings. The van der Waals surface area contributed by atoms with Crippen LogP contribution in [0.2, 0.25) is 0 Å². The van der Waals surface area contributed by atoms with Crippen LogP contribution in [0.5, 0.6) is 5.75 Å². The number of carbonyl (C=O) groups excluding carboxylic acids is 1. The molecule has 1 N–H and O–H groups in total. The normalized spacial score (nSPS) is 10.3. The second kappa shape index (κ2) is 7.58. The average Bonchev–Trinajstić information content (AvgIpc) is 2.52. The number of carbonyl (C=O) groups is 2. The number of rotatable bonds is 7. The van der Waals surface area contributed by atoms with Crippen molar-refractivity contribution in [2.24, 2.45) is 0 Å². The predicted octanol–water partition coefficient (Wildman–Crippen LogP) is 3.66. The zero-order valence-electron chi connectivity index (χ0n) is 13.3. The quantitative estimate of drug-likeness (QED) is 0.793. The number of carboxylic acid groups (broad SMARTS) is 1. The van der Waals surface area contributed by atoms with Gasteiger partial charge in [-0.2, -0.15) is 0 Å². The summed E-state index contributed by atoms with van der Waals surface area (Å²) in [4.78, 5) is 22.5. The molecule has 2 aromatic carbocycles. The van der Waals surface area contributed by atoms with Crippen molar-refractivity contribution >= 4 is 11.8 Å². The number of aryl methyl sites for hydroxylation is 1. The Labute approximate surface area is 135 Å². The van der Waals surface area contributed by atoms with Crippen molar-refractivity contribution in [2.45, 2.75) is 33.3 Å². The van der Waals surface area contributed by atoms with Crippen molar-refractivity contribution in [1.82, 2.24) is 0 Å². The minimum absolute atomic E-state index is 0.150. The molecule has 0 fully saturated rings. The van der Waals surface area contributed by atoms with Gasteiger partial charge in [-0.05, 0) is 48.2 Å². The molecule has 0 unspecified atom stereocenters. The summed E-state index contributed by atoms with van der Waals surface area (Å²) in [6.07, 6.45) is 0.795. The van der Waals surface area contributed by atoms with Gasteiger partial charge in [0.2, 0.25) is 0 Å². The fourth-order valence-electron chi connectivity index (χ4n) is 2.35. The Morgan fingerprint density at radius 3 is 2.26 bits per heavy atom. The van der Waals surface area contributed by atoms with E-state index in [4.69, 9.17) is 9.84 Å². The van der Waals surface area contributed by atoms with Crippen LogP contribution in [-0.4, -0.2) is 16.9 Å². The lowest BCUT2D eigenvalue weighted by atomic mass is 10.0. The van der Waals surface area contributed by atoms with Gasteiger partial charge in [-0.25, -0.2) is 0 Å². The number of aliphatic carboxylic acids is 1. The fourth-order valence-corrected chi connectivity index (χ4v) is 2.35. The summed E-state index contributed by atoms with van der Waals surface area (Å²) in [5.41, 5.74) is 3.21.